The summed E-state index contributed by atoms with van der Waals surface area (Å²) in [5.74, 6) is -0.593. The molecule has 0 aliphatic carbocycles. The number of hydrogen-bond donors (Lipinski definition) is 1. The van der Waals surface area contributed by atoms with E-state index in [1.165, 1.54) is 14.0 Å². The zero-order valence-electron chi connectivity index (χ0n) is 7.19. The molecule has 0 aromatic rings. The molecule has 0 saturated carbocycles. The van der Waals surface area contributed by atoms with E-state index in [0.717, 1.165) is 0 Å². The Balaban J connectivity index is 3.84. The fourth-order valence-electron chi connectivity index (χ4n) is 0.806. The lowest BCUT2D eigenvalue weighted by Crippen LogP contribution is -2.42. The van der Waals surface area contributed by atoms with Crippen LogP contribution in [0.4, 0.5) is 13.2 Å². The molecule has 0 heterocycles. The minimum absolute atomic E-state index is 0.310. The molecule has 0 rings (SSSR count). The Bertz CT molecular complexity index is 126. The molecular weight excluding hydrogens is 171 g/mol. The van der Waals surface area contributed by atoms with Crippen LogP contribution in [0.3, 0.4) is 0 Å². The van der Waals surface area contributed by atoms with Crippen LogP contribution < -0.4 is 5.73 Å². The van der Waals surface area contributed by atoms with Gasteiger partial charge in [-0.25, -0.2) is 0 Å². The first-order chi connectivity index (χ1) is 5.39. The van der Waals surface area contributed by atoms with Crippen LogP contribution in [0.2, 0.25) is 0 Å². The quantitative estimate of drug-likeness (QED) is 0.721. The zero-order chi connectivity index (χ0) is 9.78. The largest absolute Gasteiger partial charge is 0.403 e. The lowest BCUT2D eigenvalue weighted by atomic mass is 9.99. The fourth-order valence-corrected chi connectivity index (χ4v) is 0.806. The van der Waals surface area contributed by atoms with Crippen molar-refractivity contribution in [1.29, 1.82) is 0 Å². The molecule has 12 heavy (non-hydrogen) atoms. The normalized spacial score (nSPS) is 17.5. The summed E-state index contributed by atoms with van der Waals surface area (Å²) >= 11 is 0. The van der Waals surface area contributed by atoms with E-state index in [2.05, 4.69) is 4.74 Å². The van der Waals surface area contributed by atoms with Gasteiger partial charge in [-0.3, -0.25) is 0 Å². The van der Waals surface area contributed by atoms with E-state index < -0.39 is 18.1 Å². The molecule has 0 aliphatic heterocycles. The van der Waals surface area contributed by atoms with Crippen LogP contribution in [0.1, 0.15) is 13.3 Å². The first-order valence-corrected chi connectivity index (χ1v) is 3.70. The molecule has 0 fully saturated rings. The van der Waals surface area contributed by atoms with Crippen molar-refractivity contribution >= 4 is 0 Å². The van der Waals surface area contributed by atoms with Crippen LogP contribution in [-0.2, 0) is 4.74 Å². The van der Waals surface area contributed by atoms with Crippen LogP contribution in [-0.4, -0.2) is 25.9 Å². The molecule has 0 aromatic heterocycles. The summed E-state index contributed by atoms with van der Waals surface area (Å²) in [6.45, 7) is 1.78. The van der Waals surface area contributed by atoms with E-state index in [4.69, 9.17) is 5.73 Å². The number of rotatable bonds is 4. The summed E-state index contributed by atoms with van der Waals surface area (Å²) in [7, 11) is 1.45. The van der Waals surface area contributed by atoms with Crippen molar-refractivity contribution in [3.05, 3.63) is 0 Å². The van der Waals surface area contributed by atoms with Gasteiger partial charge in [0.05, 0.1) is 0 Å². The van der Waals surface area contributed by atoms with Crippen molar-refractivity contribution < 1.29 is 17.9 Å². The van der Waals surface area contributed by atoms with Crippen molar-refractivity contribution in [3.63, 3.8) is 0 Å². The molecule has 2 nitrogen and oxygen atoms in total. The summed E-state index contributed by atoms with van der Waals surface area (Å²) in [5.41, 5.74) is 4.95. The van der Waals surface area contributed by atoms with Gasteiger partial charge in [-0.15, -0.1) is 0 Å². The SMILES string of the molecule is COCCC(C)C(N)C(F)(F)F. The minimum atomic E-state index is -4.30. The summed E-state index contributed by atoms with van der Waals surface area (Å²) < 4.78 is 40.5. The first kappa shape index (κ1) is 11.7. The van der Waals surface area contributed by atoms with Gasteiger partial charge in [-0.1, -0.05) is 6.92 Å². The van der Waals surface area contributed by atoms with Crippen molar-refractivity contribution in [2.75, 3.05) is 13.7 Å². The monoisotopic (exact) mass is 185 g/mol. The number of halogens is 3. The van der Waals surface area contributed by atoms with Gasteiger partial charge in [0.1, 0.15) is 6.04 Å². The molecule has 0 bridgehead atoms. The number of hydrogen-bond acceptors (Lipinski definition) is 2. The number of nitrogens with two attached hydrogens (primary N) is 1. The topological polar surface area (TPSA) is 35.2 Å². The Morgan fingerprint density at radius 3 is 2.25 bits per heavy atom. The van der Waals surface area contributed by atoms with Crippen molar-refractivity contribution in [2.45, 2.75) is 25.6 Å². The summed E-state index contributed by atoms with van der Waals surface area (Å²) in [6, 6.07) is -1.74. The highest BCUT2D eigenvalue weighted by molar-refractivity contribution is 4.76. The zero-order valence-corrected chi connectivity index (χ0v) is 7.19. The lowest BCUT2D eigenvalue weighted by molar-refractivity contribution is -0.158. The Labute approximate surface area is 69.9 Å². The number of methoxy groups -OCH3 is 1. The van der Waals surface area contributed by atoms with E-state index in [0.29, 0.717) is 13.0 Å². The molecule has 74 valence electrons. The van der Waals surface area contributed by atoms with Gasteiger partial charge in [0.2, 0.25) is 0 Å². The van der Waals surface area contributed by atoms with E-state index >= 15 is 0 Å². The van der Waals surface area contributed by atoms with Crippen molar-refractivity contribution in [1.82, 2.24) is 0 Å². The highest BCUT2D eigenvalue weighted by atomic mass is 19.4. The molecule has 0 aromatic carbocycles. The molecular formula is C7H14F3NO. The summed E-state index contributed by atoms with van der Waals surface area (Å²) in [5, 5.41) is 0. The van der Waals surface area contributed by atoms with Gasteiger partial charge in [0, 0.05) is 13.7 Å². The van der Waals surface area contributed by atoms with Gasteiger partial charge < -0.3 is 10.5 Å². The van der Waals surface area contributed by atoms with E-state index in [-0.39, 0.29) is 0 Å². The standard InChI is InChI=1S/C7H14F3NO/c1-5(3-4-12-2)6(11)7(8,9)10/h5-6H,3-4,11H2,1-2H3. The van der Waals surface area contributed by atoms with Crippen LogP contribution in [0.15, 0.2) is 0 Å². The van der Waals surface area contributed by atoms with Gasteiger partial charge in [-0.2, -0.15) is 13.2 Å². The third-order valence-electron chi connectivity index (χ3n) is 1.77. The second-order valence-corrected chi connectivity index (χ2v) is 2.83. The van der Waals surface area contributed by atoms with Crippen molar-refractivity contribution in [3.8, 4) is 0 Å². The molecule has 0 radical (unpaired) electrons. The first-order valence-electron chi connectivity index (χ1n) is 3.70. The molecule has 2 N–H and O–H groups in total. The number of alkyl halides is 3. The van der Waals surface area contributed by atoms with E-state index in [1.807, 2.05) is 0 Å². The molecule has 0 aliphatic rings. The van der Waals surface area contributed by atoms with E-state index in [1.54, 1.807) is 0 Å². The minimum Gasteiger partial charge on any atom is -0.385 e. The van der Waals surface area contributed by atoms with E-state index in [9.17, 15) is 13.2 Å². The molecule has 2 atom stereocenters. The Morgan fingerprint density at radius 1 is 1.42 bits per heavy atom. The Hall–Kier alpha value is -0.290. The lowest BCUT2D eigenvalue weighted by Gasteiger charge is -2.21. The van der Waals surface area contributed by atoms with Gasteiger partial charge >= 0.3 is 6.18 Å². The third-order valence-corrected chi connectivity index (χ3v) is 1.77. The summed E-state index contributed by atoms with van der Waals surface area (Å²) in [6.07, 6.45) is -3.97. The highest BCUT2D eigenvalue weighted by Gasteiger charge is 2.39. The maximum atomic E-state index is 12.0. The molecule has 0 spiro atoms. The van der Waals surface area contributed by atoms with Crippen LogP contribution in [0.5, 0.6) is 0 Å². The maximum Gasteiger partial charge on any atom is 0.403 e. The molecule has 2 unspecified atom stereocenters. The summed E-state index contributed by atoms with van der Waals surface area (Å²) in [4.78, 5) is 0. The number of ether oxygens (including phenoxy) is 1. The molecule has 0 amide bonds. The predicted molar refractivity (Wildman–Crippen MR) is 39.7 cm³/mol. The molecule has 0 saturated heterocycles. The Morgan fingerprint density at radius 2 is 1.92 bits per heavy atom. The predicted octanol–water partition coefficient (Wildman–Crippen LogP) is 1.55. The van der Waals surface area contributed by atoms with Crippen LogP contribution in [0, 0.1) is 5.92 Å². The van der Waals surface area contributed by atoms with Crippen LogP contribution >= 0.6 is 0 Å². The second-order valence-electron chi connectivity index (χ2n) is 2.83. The van der Waals surface area contributed by atoms with Crippen LogP contribution in [0.25, 0.3) is 0 Å². The fraction of sp³-hybridized carbons (Fsp3) is 1.00. The Kier molecular flexibility index (Phi) is 4.55. The average molecular weight is 185 g/mol. The average Bonchev–Trinajstić information content (AvgIpc) is 1.97. The van der Waals surface area contributed by atoms with Crippen molar-refractivity contribution in [2.24, 2.45) is 11.7 Å². The smallest absolute Gasteiger partial charge is 0.385 e. The second kappa shape index (κ2) is 4.67. The molecule has 5 heteroatoms. The van der Waals surface area contributed by atoms with Gasteiger partial charge in [0.25, 0.3) is 0 Å². The maximum absolute atomic E-state index is 12.0. The van der Waals surface area contributed by atoms with Gasteiger partial charge in [0.15, 0.2) is 0 Å². The van der Waals surface area contributed by atoms with Gasteiger partial charge in [-0.05, 0) is 12.3 Å². The third kappa shape index (κ3) is 3.92. The highest BCUT2D eigenvalue weighted by Crippen LogP contribution is 2.25.